The number of methoxy groups -OCH3 is 2. The third kappa shape index (κ3) is 4.98. The van der Waals surface area contributed by atoms with Crippen LogP contribution in [0.2, 0.25) is 0 Å². The second-order valence-electron chi connectivity index (χ2n) is 3.95. The van der Waals surface area contributed by atoms with Crippen molar-refractivity contribution in [3.05, 3.63) is 41.6 Å². The molecule has 1 aromatic carbocycles. The van der Waals surface area contributed by atoms with E-state index in [-0.39, 0.29) is 12.3 Å². The van der Waals surface area contributed by atoms with Gasteiger partial charge in [0.15, 0.2) is 0 Å². The van der Waals surface area contributed by atoms with Crippen LogP contribution in [0.5, 0.6) is 5.75 Å². The van der Waals surface area contributed by atoms with E-state index in [1.165, 1.54) is 7.11 Å². The van der Waals surface area contributed by atoms with E-state index in [9.17, 15) is 9.59 Å². The molecule has 0 amide bonds. The molecule has 0 aliphatic carbocycles. The summed E-state index contributed by atoms with van der Waals surface area (Å²) in [6.07, 6.45) is 0.970. The number of hydrogen-bond donors (Lipinski definition) is 2. The molecule has 0 aromatic heterocycles. The van der Waals surface area contributed by atoms with Gasteiger partial charge in [0.25, 0.3) is 0 Å². The van der Waals surface area contributed by atoms with Crippen molar-refractivity contribution in [2.75, 3.05) is 14.2 Å². The minimum Gasteiger partial charge on any atom is -0.497 e. The lowest BCUT2D eigenvalue weighted by atomic mass is 10.2. The van der Waals surface area contributed by atoms with Crippen molar-refractivity contribution in [1.82, 2.24) is 0 Å². The van der Waals surface area contributed by atoms with E-state index in [4.69, 9.17) is 15.6 Å². The van der Waals surface area contributed by atoms with Crippen molar-refractivity contribution in [1.29, 1.82) is 0 Å². The first-order valence-corrected chi connectivity index (χ1v) is 5.94. The molecule has 0 heterocycles. The number of carboxylic acids is 1. The largest absolute Gasteiger partial charge is 0.497 e. The number of hydrogen-bond acceptors (Lipinski definition) is 6. The molecule has 0 unspecified atom stereocenters. The van der Waals surface area contributed by atoms with Crippen LogP contribution in [-0.2, 0) is 20.9 Å². The van der Waals surface area contributed by atoms with Gasteiger partial charge in [0, 0.05) is 6.08 Å². The first kappa shape index (κ1) is 16.2. The number of ether oxygens (including phenoxy) is 2. The zero-order chi connectivity index (χ0) is 15.8. The maximum Gasteiger partial charge on any atom is 0.356 e. The molecule has 0 saturated carbocycles. The number of carbonyl (C=O) groups excluding carboxylic acids is 1. The van der Waals surface area contributed by atoms with Crippen LogP contribution in [0.25, 0.3) is 0 Å². The summed E-state index contributed by atoms with van der Waals surface area (Å²) in [4.78, 5) is 26.2. The highest BCUT2D eigenvalue weighted by Crippen LogP contribution is 2.12. The summed E-state index contributed by atoms with van der Waals surface area (Å²) in [5.41, 5.74) is 5.44. The molecule has 7 heteroatoms. The van der Waals surface area contributed by atoms with Crippen LogP contribution < -0.4 is 10.5 Å². The average Bonchev–Trinajstić information content (AvgIpc) is 2.50. The van der Waals surface area contributed by atoms with Crippen LogP contribution in [-0.4, -0.2) is 37.0 Å². The van der Waals surface area contributed by atoms with Crippen molar-refractivity contribution in [2.24, 2.45) is 10.7 Å². The molecule has 1 rings (SSSR count). The van der Waals surface area contributed by atoms with Crippen LogP contribution in [0.1, 0.15) is 5.56 Å². The summed E-state index contributed by atoms with van der Waals surface area (Å²) in [7, 11) is 2.73. The van der Waals surface area contributed by atoms with Crippen LogP contribution in [0, 0.1) is 0 Å². The zero-order valence-corrected chi connectivity index (χ0v) is 11.7. The van der Waals surface area contributed by atoms with Gasteiger partial charge in [-0.1, -0.05) is 12.1 Å². The quantitative estimate of drug-likeness (QED) is 0.454. The molecular formula is C14H16N2O5. The Morgan fingerprint density at radius 1 is 1.29 bits per heavy atom. The van der Waals surface area contributed by atoms with Gasteiger partial charge in [-0.2, -0.15) is 0 Å². The highest BCUT2D eigenvalue weighted by molar-refractivity contribution is 6.41. The molecule has 0 aliphatic heterocycles. The Hall–Kier alpha value is -2.83. The Morgan fingerprint density at radius 3 is 2.38 bits per heavy atom. The highest BCUT2D eigenvalue weighted by atomic mass is 16.5. The number of carbonyl (C=O) groups is 2. The summed E-state index contributed by atoms with van der Waals surface area (Å²) < 4.78 is 9.56. The average molecular weight is 292 g/mol. The van der Waals surface area contributed by atoms with Crippen molar-refractivity contribution >= 4 is 17.7 Å². The fourth-order valence-electron chi connectivity index (χ4n) is 1.39. The second-order valence-corrected chi connectivity index (χ2v) is 3.95. The molecule has 112 valence electrons. The Morgan fingerprint density at radius 2 is 1.90 bits per heavy atom. The van der Waals surface area contributed by atoms with Crippen LogP contribution in [0.15, 0.2) is 41.0 Å². The summed E-state index contributed by atoms with van der Waals surface area (Å²) in [5.74, 6) is -1.39. The molecule has 3 N–H and O–H groups in total. The lowest BCUT2D eigenvalue weighted by Gasteiger charge is -2.03. The van der Waals surface area contributed by atoms with Gasteiger partial charge >= 0.3 is 11.9 Å². The topological polar surface area (TPSA) is 111 Å². The van der Waals surface area contributed by atoms with Crippen LogP contribution >= 0.6 is 0 Å². The van der Waals surface area contributed by atoms with E-state index in [0.717, 1.165) is 11.6 Å². The van der Waals surface area contributed by atoms with Gasteiger partial charge in [-0.15, -0.1) is 0 Å². The molecule has 1 aromatic rings. The van der Waals surface area contributed by atoms with Gasteiger partial charge in [0.05, 0.1) is 20.8 Å². The molecule has 0 saturated heterocycles. The molecular weight excluding hydrogens is 276 g/mol. The van der Waals surface area contributed by atoms with Crippen LogP contribution in [0.4, 0.5) is 0 Å². The smallest absolute Gasteiger partial charge is 0.356 e. The lowest BCUT2D eigenvalue weighted by Crippen LogP contribution is -2.19. The molecule has 0 radical (unpaired) electrons. The minimum absolute atomic E-state index is 0.159. The Labute approximate surface area is 121 Å². The van der Waals surface area contributed by atoms with Gasteiger partial charge in [0.2, 0.25) is 0 Å². The van der Waals surface area contributed by atoms with Crippen LogP contribution in [0.3, 0.4) is 0 Å². The first-order valence-electron chi connectivity index (χ1n) is 5.94. The van der Waals surface area contributed by atoms with Crippen molar-refractivity contribution in [3.63, 3.8) is 0 Å². The first-order chi connectivity index (χ1) is 9.97. The maximum atomic E-state index is 11.5. The second kappa shape index (κ2) is 7.68. The fraction of sp³-hybridized carbons (Fsp3) is 0.214. The van der Waals surface area contributed by atoms with Gasteiger partial charge in [-0.3, -0.25) is 4.99 Å². The zero-order valence-electron chi connectivity index (χ0n) is 11.7. The van der Waals surface area contributed by atoms with Crippen molar-refractivity contribution in [2.45, 2.75) is 6.54 Å². The van der Waals surface area contributed by atoms with Gasteiger partial charge in [0.1, 0.15) is 17.2 Å². The number of nitrogens with two attached hydrogens (primary N) is 1. The van der Waals surface area contributed by atoms with Crippen molar-refractivity contribution in [3.8, 4) is 5.75 Å². The maximum absolute atomic E-state index is 11.5. The molecule has 0 fully saturated rings. The number of aliphatic carboxylic acids is 1. The minimum atomic E-state index is -1.34. The number of benzene rings is 1. The standard InChI is InChI=1S/C14H16N2O5/c1-20-10-5-3-9(4-6-10)8-16-12(14(19)21-2)7-11(15)13(17)18/h3-7H,8,15H2,1-2H3,(H,17,18). The van der Waals surface area contributed by atoms with Gasteiger partial charge in [-0.05, 0) is 17.7 Å². The highest BCUT2D eigenvalue weighted by Gasteiger charge is 2.12. The summed E-state index contributed by atoms with van der Waals surface area (Å²) in [5, 5.41) is 8.71. The van der Waals surface area contributed by atoms with E-state index < -0.39 is 17.6 Å². The molecule has 21 heavy (non-hydrogen) atoms. The number of nitrogens with zero attached hydrogens (tertiary/aromatic N) is 1. The Kier molecular flexibility index (Phi) is 5.94. The third-order valence-corrected chi connectivity index (χ3v) is 2.52. The molecule has 0 aliphatic rings. The number of carboxylic acid groups (broad SMARTS) is 1. The number of rotatable bonds is 6. The predicted octanol–water partition coefficient (Wildman–Crippen LogP) is 0.736. The van der Waals surface area contributed by atoms with Gasteiger partial charge in [-0.25, -0.2) is 9.59 Å². The van der Waals surface area contributed by atoms with E-state index in [0.29, 0.717) is 5.75 Å². The lowest BCUT2D eigenvalue weighted by molar-refractivity contribution is -0.133. The van der Waals surface area contributed by atoms with E-state index in [2.05, 4.69) is 9.73 Å². The number of esters is 1. The monoisotopic (exact) mass is 292 g/mol. The van der Waals surface area contributed by atoms with E-state index in [1.807, 2.05) is 0 Å². The third-order valence-electron chi connectivity index (χ3n) is 2.52. The molecule has 0 bridgehead atoms. The van der Waals surface area contributed by atoms with Crippen molar-refractivity contribution < 1.29 is 24.2 Å². The summed E-state index contributed by atoms with van der Waals surface area (Å²) >= 11 is 0. The predicted molar refractivity (Wildman–Crippen MR) is 76.1 cm³/mol. The SMILES string of the molecule is COC(=O)C(C=C(N)C(=O)O)=NCc1ccc(OC)cc1. The fourth-order valence-corrected chi connectivity index (χ4v) is 1.39. The van der Waals surface area contributed by atoms with Gasteiger partial charge < -0.3 is 20.3 Å². The van der Waals surface area contributed by atoms with E-state index >= 15 is 0 Å². The Balaban J connectivity index is 2.94. The summed E-state index contributed by atoms with van der Waals surface area (Å²) in [6, 6.07) is 7.07. The Bertz CT molecular complexity index is 576. The number of aliphatic imine (C=N–C) groups is 1. The molecule has 0 atom stereocenters. The molecule has 7 nitrogen and oxygen atoms in total. The van der Waals surface area contributed by atoms with E-state index in [1.54, 1.807) is 31.4 Å². The summed E-state index contributed by atoms with van der Waals surface area (Å²) in [6.45, 7) is 0.178. The molecule has 0 spiro atoms. The normalized spacial score (nSPS) is 11.9.